The molecular weight excluding hydrogens is 453 g/mol. The fourth-order valence-electron chi connectivity index (χ4n) is 4.26. The highest BCUT2D eigenvalue weighted by atomic mass is 35.5. The van der Waals surface area contributed by atoms with Gasteiger partial charge in [0.15, 0.2) is 0 Å². The Bertz CT molecular complexity index is 1030. The van der Waals surface area contributed by atoms with Crippen LogP contribution in [0.15, 0.2) is 36.8 Å². The summed E-state index contributed by atoms with van der Waals surface area (Å²) in [5.41, 5.74) is 2.13. The quantitative estimate of drug-likeness (QED) is 0.383. The van der Waals surface area contributed by atoms with Crippen LogP contribution in [0.25, 0.3) is 22.4 Å². The second-order valence-electron chi connectivity index (χ2n) is 9.02. The van der Waals surface area contributed by atoms with Crippen molar-refractivity contribution in [2.45, 2.75) is 57.3 Å². The van der Waals surface area contributed by atoms with Gasteiger partial charge in [-0.05, 0) is 51.8 Å². The molecular formula is C21H29Cl2N7O2. The predicted molar refractivity (Wildman–Crippen MR) is 128 cm³/mol. The van der Waals surface area contributed by atoms with Crippen LogP contribution < -0.4 is 10.6 Å². The van der Waals surface area contributed by atoms with E-state index in [0.717, 1.165) is 11.1 Å². The molecule has 0 spiro atoms. The molecule has 1 aliphatic heterocycles. The fourth-order valence-corrected chi connectivity index (χ4v) is 4.26. The van der Waals surface area contributed by atoms with Crippen LogP contribution in [0.1, 0.15) is 34.1 Å². The third-order valence-electron chi connectivity index (χ3n) is 5.49. The van der Waals surface area contributed by atoms with Gasteiger partial charge in [0.2, 0.25) is 5.95 Å². The standard InChI is InChI=1S/C21H27N7O2.2ClH/c1-20(2)8-15(18(30)21(3,4)28-20)25-19-22-11-16(26-27-19)14-6-5-12(7-17(14)29)13-9-23-24-10-13;;/h5-7,9-11,15,18,28-30H,8H2,1-4H3,(H,23,24)(H,22,25,27);2*1H/t15-,18-;;/m0../s1. The summed E-state index contributed by atoms with van der Waals surface area (Å²) in [5, 5.41) is 42.9. The van der Waals surface area contributed by atoms with Gasteiger partial charge in [-0.3, -0.25) is 5.10 Å². The number of rotatable bonds is 4. The lowest BCUT2D eigenvalue weighted by atomic mass is 9.77. The number of halogens is 2. The van der Waals surface area contributed by atoms with Crippen LogP contribution in [0.3, 0.4) is 0 Å². The first kappa shape index (κ1) is 25.8. The zero-order chi connectivity index (χ0) is 21.5. The monoisotopic (exact) mass is 481 g/mol. The summed E-state index contributed by atoms with van der Waals surface area (Å²) in [4.78, 5) is 4.35. The molecule has 0 aliphatic carbocycles. The summed E-state index contributed by atoms with van der Waals surface area (Å²) in [6.07, 6.45) is 5.10. The molecule has 1 saturated heterocycles. The van der Waals surface area contributed by atoms with Crippen molar-refractivity contribution in [2.24, 2.45) is 0 Å². The van der Waals surface area contributed by atoms with Crippen molar-refractivity contribution in [1.82, 2.24) is 30.7 Å². The van der Waals surface area contributed by atoms with Crippen molar-refractivity contribution in [3.63, 3.8) is 0 Å². The lowest BCUT2D eigenvalue weighted by Crippen LogP contribution is -2.68. The van der Waals surface area contributed by atoms with Crippen LogP contribution in [0.4, 0.5) is 5.95 Å². The molecule has 2 atom stereocenters. The lowest BCUT2D eigenvalue weighted by Gasteiger charge is -2.49. The second kappa shape index (κ2) is 9.58. The second-order valence-corrected chi connectivity index (χ2v) is 9.02. The van der Waals surface area contributed by atoms with Crippen molar-refractivity contribution in [2.75, 3.05) is 5.32 Å². The normalized spacial score (nSPS) is 21.2. The number of phenolic OH excluding ortho intramolecular Hbond substituents is 1. The first-order valence-corrected chi connectivity index (χ1v) is 9.91. The number of nitrogens with one attached hydrogen (secondary N) is 3. The Hall–Kier alpha value is -2.46. The summed E-state index contributed by atoms with van der Waals surface area (Å²) in [6, 6.07) is 5.09. The molecule has 1 aromatic carbocycles. The number of hydrogen-bond donors (Lipinski definition) is 5. The number of aromatic hydroxyl groups is 1. The third-order valence-corrected chi connectivity index (χ3v) is 5.49. The molecule has 0 saturated carbocycles. The Balaban J connectivity index is 0.00000181. The highest BCUT2D eigenvalue weighted by Gasteiger charge is 2.45. The Labute approximate surface area is 199 Å². The van der Waals surface area contributed by atoms with Crippen LogP contribution in [0, 0.1) is 0 Å². The lowest BCUT2D eigenvalue weighted by molar-refractivity contribution is 0.00365. The van der Waals surface area contributed by atoms with Gasteiger partial charge in [-0.1, -0.05) is 6.07 Å². The number of aliphatic hydroxyl groups is 1. The molecule has 2 aromatic heterocycles. The van der Waals surface area contributed by atoms with Gasteiger partial charge < -0.3 is 20.8 Å². The topological polar surface area (TPSA) is 132 Å². The molecule has 0 amide bonds. The maximum Gasteiger partial charge on any atom is 0.243 e. The zero-order valence-corrected chi connectivity index (χ0v) is 20.0. The fraction of sp³-hybridized carbons (Fsp3) is 0.429. The van der Waals surface area contributed by atoms with Gasteiger partial charge in [0.25, 0.3) is 0 Å². The number of aliphatic hydroxyl groups excluding tert-OH is 1. The van der Waals surface area contributed by atoms with Crippen LogP contribution in [0.5, 0.6) is 5.75 Å². The highest BCUT2D eigenvalue weighted by Crippen LogP contribution is 2.33. The largest absolute Gasteiger partial charge is 0.507 e. The molecule has 32 heavy (non-hydrogen) atoms. The number of benzene rings is 1. The molecule has 11 heteroatoms. The SMILES string of the molecule is CC1(C)C[C@H](Nc2ncc(-c3ccc(-c4cn[nH]c4)cc3O)nn2)[C@H](O)C(C)(C)N1.Cl.Cl. The Kier molecular flexibility index (Phi) is 7.72. The van der Waals surface area contributed by atoms with Crippen molar-refractivity contribution in [1.29, 1.82) is 0 Å². The van der Waals surface area contributed by atoms with E-state index >= 15 is 0 Å². The average Bonchev–Trinajstić information content (AvgIpc) is 3.20. The molecule has 4 rings (SSSR count). The van der Waals surface area contributed by atoms with Gasteiger partial charge in [0, 0.05) is 28.4 Å². The maximum atomic E-state index is 10.7. The van der Waals surface area contributed by atoms with E-state index in [1.165, 1.54) is 0 Å². The van der Waals surface area contributed by atoms with Crippen LogP contribution in [-0.2, 0) is 0 Å². The maximum absolute atomic E-state index is 10.7. The summed E-state index contributed by atoms with van der Waals surface area (Å²) in [6.45, 7) is 8.16. The Morgan fingerprint density at radius 1 is 1.06 bits per heavy atom. The zero-order valence-electron chi connectivity index (χ0n) is 18.3. The van der Waals surface area contributed by atoms with E-state index in [9.17, 15) is 10.2 Å². The molecule has 0 bridgehead atoms. The van der Waals surface area contributed by atoms with Crippen LogP contribution in [0.2, 0.25) is 0 Å². The van der Waals surface area contributed by atoms with E-state index in [0.29, 0.717) is 23.6 Å². The number of nitrogens with zero attached hydrogens (tertiary/aromatic N) is 4. The molecule has 3 aromatic rings. The first-order valence-electron chi connectivity index (χ1n) is 9.91. The number of aromatic nitrogens is 5. The number of aromatic amines is 1. The summed E-state index contributed by atoms with van der Waals surface area (Å²) in [7, 11) is 0. The number of anilines is 1. The molecule has 9 nitrogen and oxygen atoms in total. The molecule has 0 unspecified atom stereocenters. The highest BCUT2D eigenvalue weighted by molar-refractivity contribution is 5.85. The summed E-state index contributed by atoms with van der Waals surface area (Å²) >= 11 is 0. The van der Waals surface area contributed by atoms with E-state index < -0.39 is 11.6 Å². The van der Waals surface area contributed by atoms with Crippen LogP contribution >= 0.6 is 24.8 Å². The van der Waals surface area contributed by atoms with Gasteiger partial charge in [0.05, 0.1) is 24.5 Å². The van der Waals surface area contributed by atoms with Gasteiger partial charge in [-0.25, -0.2) is 4.98 Å². The molecule has 3 heterocycles. The Morgan fingerprint density at radius 3 is 2.41 bits per heavy atom. The Morgan fingerprint density at radius 2 is 1.81 bits per heavy atom. The molecule has 1 aliphatic rings. The third kappa shape index (κ3) is 5.29. The predicted octanol–water partition coefficient (Wildman–Crippen LogP) is 3.17. The summed E-state index contributed by atoms with van der Waals surface area (Å²) in [5.74, 6) is 0.425. The number of piperidine rings is 1. The first-order chi connectivity index (χ1) is 14.1. The van der Waals surface area contributed by atoms with E-state index in [1.807, 2.05) is 19.9 Å². The number of hydrogen-bond acceptors (Lipinski definition) is 8. The van der Waals surface area contributed by atoms with Crippen LogP contribution in [-0.4, -0.2) is 58.8 Å². The summed E-state index contributed by atoms with van der Waals surface area (Å²) < 4.78 is 0. The van der Waals surface area contributed by atoms with Gasteiger partial charge in [-0.2, -0.15) is 5.10 Å². The van der Waals surface area contributed by atoms with Crippen molar-refractivity contribution in [3.8, 4) is 28.1 Å². The molecule has 1 fully saturated rings. The van der Waals surface area contributed by atoms with E-state index in [1.54, 1.807) is 30.7 Å². The number of H-pyrrole nitrogens is 1. The van der Waals surface area contributed by atoms with Crippen molar-refractivity contribution in [3.05, 3.63) is 36.8 Å². The minimum Gasteiger partial charge on any atom is -0.507 e. The van der Waals surface area contributed by atoms with Crippen molar-refractivity contribution < 1.29 is 10.2 Å². The molecule has 0 radical (unpaired) electrons. The molecule has 5 N–H and O–H groups in total. The van der Waals surface area contributed by atoms with E-state index in [4.69, 9.17) is 0 Å². The minimum atomic E-state index is -0.617. The van der Waals surface area contributed by atoms with Gasteiger partial charge in [0.1, 0.15) is 11.4 Å². The van der Waals surface area contributed by atoms with Crippen molar-refractivity contribution >= 4 is 30.8 Å². The van der Waals surface area contributed by atoms with Gasteiger partial charge in [-0.15, -0.1) is 35.0 Å². The smallest absolute Gasteiger partial charge is 0.243 e. The number of phenols is 1. The van der Waals surface area contributed by atoms with E-state index in [-0.39, 0.29) is 42.1 Å². The molecule has 174 valence electrons. The van der Waals surface area contributed by atoms with Gasteiger partial charge >= 0.3 is 0 Å². The average molecular weight is 482 g/mol. The minimum absolute atomic E-state index is 0. The van der Waals surface area contributed by atoms with E-state index in [2.05, 4.69) is 49.9 Å².